The van der Waals surface area contributed by atoms with Crippen molar-refractivity contribution in [2.24, 2.45) is 0 Å². The van der Waals surface area contributed by atoms with Crippen LogP contribution in [0, 0.1) is 5.82 Å². The average Bonchev–Trinajstić information content (AvgIpc) is 2.36. The van der Waals surface area contributed by atoms with Gasteiger partial charge in [0.25, 0.3) is 0 Å². The molecular formula is C16H23FN2O3. The van der Waals surface area contributed by atoms with Crippen molar-refractivity contribution < 1.29 is 18.7 Å². The molecule has 1 aliphatic carbocycles. The van der Waals surface area contributed by atoms with Gasteiger partial charge in [-0.25, -0.2) is 9.18 Å². The minimum atomic E-state index is -0.490. The van der Waals surface area contributed by atoms with E-state index in [0.717, 1.165) is 18.5 Å². The number of hydrogen-bond acceptors (Lipinski definition) is 4. The molecule has 1 aliphatic rings. The lowest BCUT2D eigenvalue weighted by atomic mass is 9.86. The maximum atomic E-state index is 13.3. The molecule has 0 radical (unpaired) electrons. The predicted octanol–water partition coefficient (Wildman–Crippen LogP) is 3.30. The lowest BCUT2D eigenvalue weighted by Crippen LogP contribution is -2.50. The second kappa shape index (κ2) is 6.42. The predicted molar refractivity (Wildman–Crippen MR) is 82.8 cm³/mol. The van der Waals surface area contributed by atoms with Crippen molar-refractivity contribution in [2.45, 2.75) is 51.3 Å². The van der Waals surface area contributed by atoms with Crippen molar-refractivity contribution in [3.05, 3.63) is 24.0 Å². The van der Waals surface area contributed by atoms with Gasteiger partial charge >= 0.3 is 6.09 Å². The van der Waals surface area contributed by atoms with E-state index in [1.807, 2.05) is 20.8 Å². The molecule has 0 heterocycles. The normalized spacial score (nSPS) is 20.8. The SMILES string of the molecule is COc1cc(NC2CC(NC(=O)OC(C)(C)C)C2)ccc1F. The molecule has 1 saturated carbocycles. The molecule has 0 saturated heterocycles. The number of amides is 1. The van der Waals surface area contributed by atoms with Crippen molar-refractivity contribution in [1.29, 1.82) is 0 Å². The first-order chi connectivity index (χ1) is 10.3. The summed E-state index contributed by atoms with van der Waals surface area (Å²) >= 11 is 0. The largest absolute Gasteiger partial charge is 0.494 e. The first-order valence-corrected chi connectivity index (χ1v) is 7.36. The molecule has 1 amide bonds. The molecule has 5 nitrogen and oxygen atoms in total. The van der Waals surface area contributed by atoms with E-state index in [1.54, 1.807) is 12.1 Å². The van der Waals surface area contributed by atoms with Gasteiger partial charge in [-0.05, 0) is 45.7 Å². The molecule has 2 rings (SSSR count). The smallest absolute Gasteiger partial charge is 0.407 e. The average molecular weight is 310 g/mol. The van der Waals surface area contributed by atoms with Crippen LogP contribution in [0.3, 0.4) is 0 Å². The highest BCUT2D eigenvalue weighted by molar-refractivity contribution is 5.68. The number of nitrogens with one attached hydrogen (secondary N) is 2. The van der Waals surface area contributed by atoms with E-state index in [0.29, 0.717) is 0 Å². The molecule has 22 heavy (non-hydrogen) atoms. The second-order valence-corrected chi connectivity index (χ2v) is 6.51. The molecule has 2 N–H and O–H groups in total. The number of methoxy groups -OCH3 is 1. The number of carbonyl (C=O) groups excluding carboxylic acids is 1. The second-order valence-electron chi connectivity index (χ2n) is 6.51. The Morgan fingerprint density at radius 1 is 1.27 bits per heavy atom. The van der Waals surface area contributed by atoms with Crippen LogP contribution in [0.4, 0.5) is 14.9 Å². The number of anilines is 1. The van der Waals surface area contributed by atoms with Gasteiger partial charge in [0.15, 0.2) is 11.6 Å². The molecule has 1 fully saturated rings. The van der Waals surface area contributed by atoms with Gasteiger partial charge in [-0.1, -0.05) is 0 Å². The lowest BCUT2D eigenvalue weighted by Gasteiger charge is -2.37. The topological polar surface area (TPSA) is 59.6 Å². The maximum absolute atomic E-state index is 13.3. The third-order valence-electron chi connectivity index (χ3n) is 3.38. The van der Waals surface area contributed by atoms with E-state index >= 15 is 0 Å². The fourth-order valence-electron chi connectivity index (χ4n) is 2.31. The Labute approximate surface area is 130 Å². The van der Waals surface area contributed by atoms with Gasteiger partial charge in [0.2, 0.25) is 0 Å². The van der Waals surface area contributed by atoms with Crippen LogP contribution in [-0.4, -0.2) is 30.9 Å². The maximum Gasteiger partial charge on any atom is 0.407 e. The number of carbonyl (C=O) groups is 1. The van der Waals surface area contributed by atoms with Gasteiger partial charge in [-0.3, -0.25) is 0 Å². The van der Waals surface area contributed by atoms with Gasteiger partial charge in [0, 0.05) is 23.8 Å². The molecule has 122 valence electrons. The molecule has 0 unspecified atom stereocenters. The molecule has 0 aromatic heterocycles. The third-order valence-corrected chi connectivity index (χ3v) is 3.38. The number of rotatable bonds is 4. The van der Waals surface area contributed by atoms with Crippen molar-refractivity contribution in [2.75, 3.05) is 12.4 Å². The quantitative estimate of drug-likeness (QED) is 0.896. The van der Waals surface area contributed by atoms with Crippen LogP contribution >= 0.6 is 0 Å². The summed E-state index contributed by atoms with van der Waals surface area (Å²) in [6.07, 6.45) is 1.22. The summed E-state index contributed by atoms with van der Waals surface area (Å²) < 4.78 is 23.5. The fraction of sp³-hybridized carbons (Fsp3) is 0.562. The Hall–Kier alpha value is -1.98. The summed E-state index contributed by atoms with van der Waals surface area (Å²) in [5.74, 6) is -0.168. The Balaban J connectivity index is 1.77. The van der Waals surface area contributed by atoms with Crippen LogP contribution in [0.5, 0.6) is 5.75 Å². The Bertz CT molecular complexity index is 537. The van der Waals surface area contributed by atoms with Gasteiger partial charge in [0.1, 0.15) is 5.60 Å². The van der Waals surface area contributed by atoms with Crippen molar-refractivity contribution in [3.8, 4) is 5.75 Å². The molecule has 1 aromatic carbocycles. The van der Waals surface area contributed by atoms with Crippen LogP contribution in [0.25, 0.3) is 0 Å². The zero-order chi connectivity index (χ0) is 16.3. The fourth-order valence-corrected chi connectivity index (χ4v) is 2.31. The number of hydrogen-bond donors (Lipinski definition) is 2. The molecule has 0 atom stereocenters. The van der Waals surface area contributed by atoms with Gasteiger partial charge < -0.3 is 20.1 Å². The van der Waals surface area contributed by atoms with Gasteiger partial charge in [-0.2, -0.15) is 0 Å². The van der Waals surface area contributed by atoms with Crippen molar-refractivity contribution in [1.82, 2.24) is 5.32 Å². The van der Waals surface area contributed by atoms with Crippen LogP contribution in [0.15, 0.2) is 18.2 Å². The van der Waals surface area contributed by atoms with Crippen molar-refractivity contribution >= 4 is 11.8 Å². The molecule has 6 heteroatoms. The van der Waals surface area contributed by atoms with Crippen LogP contribution in [0.1, 0.15) is 33.6 Å². The number of benzene rings is 1. The summed E-state index contributed by atoms with van der Waals surface area (Å²) in [7, 11) is 1.44. The van der Waals surface area contributed by atoms with E-state index < -0.39 is 5.60 Å². The van der Waals surface area contributed by atoms with Gasteiger partial charge in [-0.15, -0.1) is 0 Å². The summed E-state index contributed by atoms with van der Waals surface area (Å²) in [6.45, 7) is 5.50. The van der Waals surface area contributed by atoms with Crippen molar-refractivity contribution in [3.63, 3.8) is 0 Å². The standard InChI is InChI=1S/C16H23FN2O3/c1-16(2,3)22-15(20)19-12-7-11(8-12)18-10-5-6-13(17)14(9-10)21-4/h5-6,9,11-12,18H,7-8H2,1-4H3,(H,19,20). The first-order valence-electron chi connectivity index (χ1n) is 7.36. The minimum Gasteiger partial charge on any atom is -0.494 e. The van der Waals surface area contributed by atoms with E-state index in [2.05, 4.69) is 10.6 Å². The summed E-state index contributed by atoms with van der Waals surface area (Å²) in [5, 5.41) is 6.13. The molecule has 1 aromatic rings. The van der Waals surface area contributed by atoms with E-state index in [1.165, 1.54) is 13.2 Å². The first kappa shape index (κ1) is 16.4. The van der Waals surface area contributed by atoms with Crippen LogP contribution in [0.2, 0.25) is 0 Å². The van der Waals surface area contributed by atoms with Crippen LogP contribution < -0.4 is 15.4 Å². The molecule has 0 bridgehead atoms. The number of halogens is 1. The van der Waals surface area contributed by atoms with E-state index in [4.69, 9.17) is 9.47 Å². The zero-order valence-electron chi connectivity index (χ0n) is 13.4. The zero-order valence-corrected chi connectivity index (χ0v) is 13.4. The summed E-state index contributed by atoms with van der Waals surface area (Å²) in [6, 6.07) is 5.02. The Morgan fingerprint density at radius 3 is 2.55 bits per heavy atom. The van der Waals surface area contributed by atoms with E-state index in [9.17, 15) is 9.18 Å². The highest BCUT2D eigenvalue weighted by Gasteiger charge is 2.31. The highest BCUT2D eigenvalue weighted by Crippen LogP contribution is 2.27. The Kier molecular flexibility index (Phi) is 4.78. The lowest BCUT2D eigenvalue weighted by molar-refractivity contribution is 0.0475. The highest BCUT2D eigenvalue weighted by atomic mass is 19.1. The summed E-state index contributed by atoms with van der Waals surface area (Å²) in [5.41, 5.74) is 0.315. The molecule has 0 aliphatic heterocycles. The number of ether oxygens (including phenoxy) is 2. The molecule has 0 spiro atoms. The molecular weight excluding hydrogens is 287 g/mol. The summed E-state index contributed by atoms with van der Waals surface area (Å²) in [4.78, 5) is 11.6. The van der Waals surface area contributed by atoms with Gasteiger partial charge in [0.05, 0.1) is 7.11 Å². The van der Waals surface area contributed by atoms with Crippen LogP contribution in [-0.2, 0) is 4.74 Å². The third kappa shape index (κ3) is 4.51. The minimum absolute atomic E-state index is 0.106. The van der Waals surface area contributed by atoms with E-state index in [-0.39, 0.29) is 29.7 Å². The Morgan fingerprint density at radius 2 is 1.95 bits per heavy atom. The number of alkyl carbamates (subject to hydrolysis) is 1. The monoisotopic (exact) mass is 310 g/mol.